The predicted molar refractivity (Wildman–Crippen MR) is 82.7 cm³/mol. The molecule has 0 aliphatic carbocycles. The Morgan fingerprint density at radius 3 is 2.62 bits per heavy atom. The lowest BCUT2D eigenvalue weighted by Gasteiger charge is -2.44. The highest BCUT2D eigenvalue weighted by Crippen LogP contribution is 2.28. The molecule has 0 radical (unpaired) electrons. The maximum atomic E-state index is 12.1. The second-order valence-electron chi connectivity index (χ2n) is 6.08. The predicted octanol–water partition coefficient (Wildman–Crippen LogP) is 0.775. The molecule has 0 N–H and O–H groups in total. The van der Waals surface area contributed by atoms with Gasteiger partial charge in [0.2, 0.25) is 0 Å². The van der Waals surface area contributed by atoms with E-state index in [-0.39, 0.29) is 12.1 Å². The fraction of sp³-hybridized carbons (Fsp3) is 0.667. The molecular weight excluding hydrogens is 286 g/mol. The van der Waals surface area contributed by atoms with Gasteiger partial charge in [-0.3, -0.25) is 14.8 Å². The quantitative estimate of drug-likeness (QED) is 0.822. The molecule has 0 amide bonds. The normalized spacial score (nSPS) is 29.4. The van der Waals surface area contributed by atoms with Crippen molar-refractivity contribution >= 4 is 9.84 Å². The van der Waals surface area contributed by atoms with Crippen molar-refractivity contribution in [2.75, 3.05) is 31.1 Å². The third-order valence-electron chi connectivity index (χ3n) is 4.53. The zero-order chi connectivity index (χ0) is 14.9. The fourth-order valence-corrected chi connectivity index (χ4v) is 5.63. The van der Waals surface area contributed by atoms with Gasteiger partial charge in [0.1, 0.15) is 0 Å². The first-order chi connectivity index (χ1) is 10.1. The second-order valence-corrected chi connectivity index (χ2v) is 8.23. The number of sulfone groups is 1. The second kappa shape index (κ2) is 6.02. The SMILES string of the molecule is CCCN1CCN(Cc2cccnc2)[C@H]2CS(=O)(=O)C[C@H]21. The van der Waals surface area contributed by atoms with E-state index in [1.54, 1.807) is 6.20 Å². The standard InChI is InChI=1S/C15H23N3O2S/c1-2-6-17-7-8-18(10-13-4-3-5-16-9-13)15-12-21(19,20)11-14(15)17/h3-5,9,14-15H,2,6-8,10-12H2,1H3/t14-,15+/m1/s1. The molecule has 2 aliphatic heterocycles. The highest BCUT2D eigenvalue weighted by molar-refractivity contribution is 7.91. The highest BCUT2D eigenvalue weighted by atomic mass is 32.2. The highest BCUT2D eigenvalue weighted by Gasteiger charge is 2.45. The molecule has 2 aliphatic rings. The lowest BCUT2D eigenvalue weighted by atomic mass is 10.0. The van der Waals surface area contributed by atoms with Gasteiger partial charge in [0.25, 0.3) is 0 Å². The van der Waals surface area contributed by atoms with Crippen molar-refractivity contribution in [1.29, 1.82) is 0 Å². The van der Waals surface area contributed by atoms with Gasteiger partial charge >= 0.3 is 0 Å². The van der Waals surface area contributed by atoms with E-state index in [0.717, 1.165) is 38.2 Å². The fourth-order valence-electron chi connectivity index (χ4n) is 3.58. The minimum Gasteiger partial charge on any atom is -0.297 e. The molecule has 116 valence electrons. The van der Waals surface area contributed by atoms with Crippen LogP contribution in [0, 0.1) is 0 Å². The number of piperazine rings is 1. The van der Waals surface area contributed by atoms with Crippen LogP contribution >= 0.6 is 0 Å². The Labute approximate surface area is 126 Å². The average molecular weight is 309 g/mol. The van der Waals surface area contributed by atoms with Crippen LogP contribution in [0.5, 0.6) is 0 Å². The van der Waals surface area contributed by atoms with E-state index in [2.05, 4.69) is 27.8 Å². The van der Waals surface area contributed by atoms with E-state index in [0.29, 0.717) is 11.5 Å². The number of hydrogen-bond acceptors (Lipinski definition) is 5. The molecule has 5 nitrogen and oxygen atoms in total. The lowest BCUT2D eigenvalue weighted by molar-refractivity contribution is 0.0405. The summed E-state index contributed by atoms with van der Waals surface area (Å²) in [7, 11) is -2.90. The number of nitrogens with zero attached hydrogens (tertiary/aromatic N) is 3. The Kier molecular flexibility index (Phi) is 4.28. The van der Waals surface area contributed by atoms with Gasteiger partial charge in [-0.1, -0.05) is 13.0 Å². The number of rotatable bonds is 4. The molecule has 3 heterocycles. The Morgan fingerprint density at radius 1 is 1.24 bits per heavy atom. The molecule has 0 unspecified atom stereocenters. The molecule has 0 bridgehead atoms. The molecule has 6 heteroatoms. The van der Waals surface area contributed by atoms with Gasteiger partial charge in [-0.15, -0.1) is 0 Å². The van der Waals surface area contributed by atoms with Crippen molar-refractivity contribution in [2.24, 2.45) is 0 Å². The van der Waals surface area contributed by atoms with Crippen molar-refractivity contribution in [3.8, 4) is 0 Å². The largest absolute Gasteiger partial charge is 0.297 e. The summed E-state index contributed by atoms with van der Waals surface area (Å²) in [6.45, 7) is 5.85. The van der Waals surface area contributed by atoms with Crippen LogP contribution in [0.1, 0.15) is 18.9 Å². The molecule has 1 aromatic heterocycles. The van der Waals surface area contributed by atoms with E-state index >= 15 is 0 Å². The Hall–Kier alpha value is -0.980. The van der Waals surface area contributed by atoms with Crippen LogP contribution in [0.25, 0.3) is 0 Å². The Morgan fingerprint density at radius 2 is 1.95 bits per heavy atom. The van der Waals surface area contributed by atoms with Crippen LogP contribution in [-0.2, 0) is 16.4 Å². The molecule has 1 aromatic rings. The average Bonchev–Trinajstić information content (AvgIpc) is 2.79. The number of hydrogen-bond donors (Lipinski definition) is 0. The van der Waals surface area contributed by atoms with Crippen LogP contribution in [0.15, 0.2) is 24.5 Å². The van der Waals surface area contributed by atoms with Crippen molar-refractivity contribution in [3.63, 3.8) is 0 Å². The summed E-state index contributed by atoms with van der Waals surface area (Å²) in [6, 6.07) is 4.30. The zero-order valence-corrected chi connectivity index (χ0v) is 13.3. The van der Waals surface area contributed by atoms with Gasteiger partial charge < -0.3 is 0 Å². The van der Waals surface area contributed by atoms with Gasteiger partial charge in [0.05, 0.1) is 11.5 Å². The van der Waals surface area contributed by atoms with E-state index in [4.69, 9.17) is 0 Å². The van der Waals surface area contributed by atoms with Crippen molar-refractivity contribution in [2.45, 2.75) is 32.0 Å². The van der Waals surface area contributed by atoms with E-state index in [9.17, 15) is 8.42 Å². The molecule has 2 saturated heterocycles. The summed E-state index contributed by atoms with van der Waals surface area (Å²) in [6.07, 6.45) is 4.72. The summed E-state index contributed by atoms with van der Waals surface area (Å²) in [5.74, 6) is 0.624. The van der Waals surface area contributed by atoms with E-state index in [1.165, 1.54) is 0 Å². The topological polar surface area (TPSA) is 53.5 Å². The number of aromatic nitrogens is 1. The Balaban J connectivity index is 1.78. The molecule has 0 aromatic carbocycles. The smallest absolute Gasteiger partial charge is 0.153 e. The van der Waals surface area contributed by atoms with E-state index < -0.39 is 9.84 Å². The Bertz CT molecular complexity index is 576. The third-order valence-corrected chi connectivity index (χ3v) is 6.22. The summed E-state index contributed by atoms with van der Waals surface area (Å²) in [5, 5.41) is 0. The van der Waals surface area contributed by atoms with Crippen molar-refractivity contribution < 1.29 is 8.42 Å². The zero-order valence-electron chi connectivity index (χ0n) is 12.5. The summed E-state index contributed by atoms with van der Waals surface area (Å²) in [5.41, 5.74) is 1.16. The molecule has 2 fully saturated rings. The molecule has 21 heavy (non-hydrogen) atoms. The number of pyridine rings is 1. The van der Waals surface area contributed by atoms with Gasteiger partial charge in [0.15, 0.2) is 9.84 Å². The first-order valence-electron chi connectivity index (χ1n) is 7.66. The number of fused-ring (bicyclic) bond motifs is 1. The van der Waals surface area contributed by atoms with Gasteiger partial charge in [-0.25, -0.2) is 8.42 Å². The first-order valence-corrected chi connectivity index (χ1v) is 9.48. The van der Waals surface area contributed by atoms with Crippen LogP contribution in [0.3, 0.4) is 0 Å². The summed E-state index contributed by atoms with van der Waals surface area (Å²) >= 11 is 0. The first kappa shape index (κ1) is 14.9. The van der Waals surface area contributed by atoms with Crippen LogP contribution < -0.4 is 0 Å². The van der Waals surface area contributed by atoms with Crippen LogP contribution in [-0.4, -0.2) is 66.4 Å². The molecule has 0 spiro atoms. The lowest BCUT2D eigenvalue weighted by Crippen LogP contribution is -2.58. The van der Waals surface area contributed by atoms with Crippen molar-refractivity contribution in [1.82, 2.24) is 14.8 Å². The molecule has 0 saturated carbocycles. The van der Waals surface area contributed by atoms with Crippen LogP contribution in [0.2, 0.25) is 0 Å². The summed E-state index contributed by atoms with van der Waals surface area (Å²) < 4.78 is 24.2. The van der Waals surface area contributed by atoms with E-state index in [1.807, 2.05) is 12.3 Å². The minimum atomic E-state index is -2.90. The van der Waals surface area contributed by atoms with Crippen LogP contribution in [0.4, 0.5) is 0 Å². The third kappa shape index (κ3) is 3.27. The van der Waals surface area contributed by atoms with Gasteiger partial charge in [0, 0.05) is 44.1 Å². The molecule has 2 atom stereocenters. The van der Waals surface area contributed by atoms with Gasteiger partial charge in [-0.05, 0) is 24.6 Å². The summed E-state index contributed by atoms with van der Waals surface area (Å²) in [4.78, 5) is 8.86. The maximum absolute atomic E-state index is 12.1. The molecular formula is C15H23N3O2S. The monoisotopic (exact) mass is 309 g/mol. The maximum Gasteiger partial charge on any atom is 0.153 e. The molecule has 3 rings (SSSR count). The van der Waals surface area contributed by atoms with Gasteiger partial charge in [-0.2, -0.15) is 0 Å². The minimum absolute atomic E-state index is 0.135. The van der Waals surface area contributed by atoms with Crippen molar-refractivity contribution in [3.05, 3.63) is 30.1 Å².